The van der Waals surface area contributed by atoms with Crippen molar-refractivity contribution >= 4 is 18.6 Å². The van der Waals surface area contributed by atoms with Crippen molar-refractivity contribution in [3.8, 4) is 0 Å². The fraction of sp³-hybridized carbons (Fsp3) is 0.800. The fourth-order valence-corrected chi connectivity index (χ4v) is 0.500. The molecule has 0 aromatic rings. The van der Waals surface area contributed by atoms with Gasteiger partial charge in [-0.15, -0.1) is 0 Å². The minimum atomic E-state index is -0.239. The third-order valence-electron chi connectivity index (χ3n) is 0.786. The molecule has 0 aliphatic rings. The second-order valence-corrected chi connectivity index (χ2v) is 1.92. The molecule has 0 fully saturated rings. The Morgan fingerprint density at radius 1 is 1.78 bits per heavy atom. The van der Waals surface area contributed by atoms with Crippen molar-refractivity contribution in [2.75, 3.05) is 26.0 Å². The summed E-state index contributed by atoms with van der Waals surface area (Å²) in [6.07, 6.45) is 0. The van der Waals surface area contributed by atoms with Gasteiger partial charge in [0.1, 0.15) is 0 Å². The number of carbonyl (C=O) groups excluding carboxylic acids is 1. The van der Waals surface area contributed by atoms with Gasteiger partial charge in [0, 0.05) is 12.3 Å². The standard InChI is InChI=1S/C5H11NO2S/c1-8-5(7)4-6-2-3-9/h6,9H,2-4H2,1H3. The topological polar surface area (TPSA) is 38.3 Å². The minimum absolute atomic E-state index is 0.239. The molecule has 4 heteroatoms. The summed E-state index contributed by atoms with van der Waals surface area (Å²) in [4.78, 5) is 10.4. The molecule has 0 rings (SSSR count). The number of ether oxygens (including phenoxy) is 1. The van der Waals surface area contributed by atoms with Crippen LogP contribution in [0.1, 0.15) is 0 Å². The molecule has 0 aromatic heterocycles. The molecule has 0 amide bonds. The lowest BCUT2D eigenvalue weighted by molar-refractivity contribution is -0.139. The lowest BCUT2D eigenvalue weighted by atomic mass is 10.6. The van der Waals surface area contributed by atoms with E-state index in [0.717, 1.165) is 12.3 Å². The molecule has 0 unspecified atom stereocenters. The van der Waals surface area contributed by atoms with E-state index < -0.39 is 0 Å². The molecule has 0 bridgehead atoms. The van der Waals surface area contributed by atoms with Crippen molar-refractivity contribution in [2.24, 2.45) is 0 Å². The molecular formula is C5H11NO2S. The van der Waals surface area contributed by atoms with Gasteiger partial charge in [-0.05, 0) is 0 Å². The van der Waals surface area contributed by atoms with Crippen LogP contribution in [-0.2, 0) is 9.53 Å². The van der Waals surface area contributed by atoms with Gasteiger partial charge < -0.3 is 10.1 Å². The van der Waals surface area contributed by atoms with E-state index in [1.165, 1.54) is 7.11 Å². The van der Waals surface area contributed by atoms with Crippen LogP contribution in [0.2, 0.25) is 0 Å². The van der Waals surface area contributed by atoms with Crippen molar-refractivity contribution in [1.82, 2.24) is 5.32 Å². The molecule has 0 atom stereocenters. The molecule has 0 aliphatic carbocycles. The number of hydrogen-bond donors (Lipinski definition) is 2. The highest BCUT2D eigenvalue weighted by atomic mass is 32.1. The maximum Gasteiger partial charge on any atom is 0.319 e. The van der Waals surface area contributed by atoms with Gasteiger partial charge >= 0.3 is 5.97 Å². The molecule has 0 saturated heterocycles. The Balaban J connectivity index is 2.97. The zero-order valence-corrected chi connectivity index (χ0v) is 6.28. The number of methoxy groups -OCH3 is 1. The van der Waals surface area contributed by atoms with Gasteiger partial charge in [-0.3, -0.25) is 4.79 Å². The normalized spacial score (nSPS) is 9.11. The maximum absolute atomic E-state index is 10.4. The summed E-state index contributed by atoms with van der Waals surface area (Å²) >= 11 is 3.94. The first-order valence-electron chi connectivity index (χ1n) is 2.69. The molecule has 3 nitrogen and oxygen atoms in total. The average Bonchev–Trinajstić information content (AvgIpc) is 1.89. The van der Waals surface area contributed by atoms with Crippen molar-refractivity contribution < 1.29 is 9.53 Å². The highest BCUT2D eigenvalue weighted by molar-refractivity contribution is 7.80. The van der Waals surface area contributed by atoms with Crippen LogP contribution in [0.3, 0.4) is 0 Å². The maximum atomic E-state index is 10.4. The third-order valence-corrected chi connectivity index (χ3v) is 1.01. The summed E-state index contributed by atoms with van der Waals surface area (Å²) in [7, 11) is 1.37. The summed E-state index contributed by atoms with van der Waals surface area (Å²) in [5, 5.41) is 2.83. The van der Waals surface area contributed by atoms with Crippen LogP contribution < -0.4 is 5.32 Å². The monoisotopic (exact) mass is 149 g/mol. The molecule has 54 valence electrons. The van der Waals surface area contributed by atoms with Gasteiger partial charge in [-0.25, -0.2) is 0 Å². The van der Waals surface area contributed by atoms with E-state index in [-0.39, 0.29) is 12.5 Å². The first-order valence-corrected chi connectivity index (χ1v) is 3.33. The van der Waals surface area contributed by atoms with Crippen molar-refractivity contribution in [2.45, 2.75) is 0 Å². The molecule has 0 saturated carbocycles. The van der Waals surface area contributed by atoms with Gasteiger partial charge in [0.15, 0.2) is 0 Å². The van der Waals surface area contributed by atoms with E-state index in [2.05, 4.69) is 22.7 Å². The highest BCUT2D eigenvalue weighted by Crippen LogP contribution is 1.71. The minimum Gasteiger partial charge on any atom is -0.468 e. The molecule has 1 N–H and O–H groups in total. The van der Waals surface area contributed by atoms with Gasteiger partial charge in [-0.2, -0.15) is 12.6 Å². The van der Waals surface area contributed by atoms with E-state index in [0.29, 0.717) is 0 Å². The summed E-state index contributed by atoms with van der Waals surface area (Å²) < 4.78 is 4.37. The molecule has 0 aliphatic heterocycles. The van der Waals surface area contributed by atoms with Crippen LogP contribution >= 0.6 is 12.6 Å². The number of hydrogen-bond acceptors (Lipinski definition) is 4. The number of thiol groups is 1. The quantitative estimate of drug-likeness (QED) is 0.327. The van der Waals surface area contributed by atoms with Crippen molar-refractivity contribution in [3.05, 3.63) is 0 Å². The first kappa shape index (κ1) is 8.78. The van der Waals surface area contributed by atoms with Crippen LogP contribution in [0, 0.1) is 0 Å². The number of nitrogens with one attached hydrogen (secondary N) is 1. The second kappa shape index (κ2) is 5.91. The van der Waals surface area contributed by atoms with Gasteiger partial charge in [0.2, 0.25) is 0 Å². The second-order valence-electron chi connectivity index (χ2n) is 1.48. The molecule has 0 spiro atoms. The predicted molar refractivity (Wildman–Crippen MR) is 38.7 cm³/mol. The Morgan fingerprint density at radius 3 is 2.89 bits per heavy atom. The van der Waals surface area contributed by atoms with Crippen molar-refractivity contribution in [3.63, 3.8) is 0 Å². The smallest absolute Gasteiger partial charge is 0.319 e. The third kappa shape index (κ3) is 5.65. The summed E-state index contributed by atoms with van der Waals surface area (Å²) in [6.45, 7) is 1.01. The zero-order valence-electron chi connectivity index (χ0n) is 5.39. The summed E-state index contributed by atoms with van der Waals surface area (Å²) in [5.41, 5.74) is 0. The summed E-state index contributed by atoms with van der Waals surface area (Å²) in [5.74, 6) is 0.494. The van der Waals surface area contributed by atoms with Gasteiger partial charge in [0.05, 0.1) is 13.7 Å². The lowest BCUT2D eigenvalue weighted by Gasteiger charge is -1.98. The van der Waals surface area contributed by atoms with Crippen LogP contribution in [-0.4, -0.2) is 31.9 Å². The van der Waals surface area contributed by atoms with E-state index in [9.17, 15) is 4.79 Å². The molecular weight excluding hydrogens is 138 g/mol. The van der Waals surface area contributed by atoms with Crippen LogP contribution in [0.4, 0.5) is 0 Å². The van der Waals surface area contributed by atoms with Gasteiger partial charge in [0.25, 0.3) is 0 Å². The predicted octanol–water partition coefficient (Wildman–Crippen LogP) is -0.321. The summed E-state index contributed by atoms with van der Waals surface area (Å²) in [6, 6.07) is 0. The van der Waals surface area contributed by atoms with Crippen LogP contribution in [0.5, 0.6) is 0 Å². The number of rotatable bonds is 4. The molecule has 9 heavy (non-hydrogen) atoms. The van der Waals surface area contributed by atoms with E-state index >= 15 is 0 Å². The Bertz CT molecular complexity index is 87.0. The molecule has 0 radical (unpaired) electrons. The van der Waals surface area contributed by atoms with Gasteiger partial charge in [-0.1, -0.05) is 0 Å². The van der Waals surface area contributed by atoms with E-state index in [4.69, 9.17) is 0 Å². The van der Waals surface area contributed by atoms with Crippen molar-refractivity contribution in [1.29, 1.82) is 0 Å². The SMILES string of the molecule is COC(=O)CNCCS. The molecule has 0 aromatic carbocycles. The van der Waals surface area contributed by atoms with Crippen LogP contribution in [0.15, 0.2) is 0 Å². The highest BCUT2D eigenvalue weighted by Gasteiger charge is 1.95. The van der Waals surface area contributed by atoms with Crippen LogP contribution in [0.25, 0.3) is 0 Å². The molecule has 0 heterocycles. The fourth-order valence-electron chi connectivity index (χ4n) is 0.342. The Hall–Kier alpha value is -0.220. The average molecular weight is 149 g/mol. The Kier molecular flexibility index (Phi) is 5.76. The van der Waals surface area contributed by atoms with E-state index in [1.807, 2.05) is 0 Å². The zero-order chi connectivity index (χ0) is 7.11. The lowest BCUT2D eigenvalue weighted by Crippen LogP contribution is -2.25. The Morgan fingerprint density at radius 2 is 2.44 bits per heavy atom. The van der Waals surface area contributed by atoms with E-state index in [1.54, 1.807) is 0 Å². The largest absolute Gasteiger partial charge is 0.468 e. The Labute approximate surface area is 60.2 Å². The number of carbonyl (C=O) groups is 1. The number of esters is 1. The first-order chi connectivity index (χ1) is 4.31.